The van der Waals surface area contributed by atoms with Gasteiger partial charge in [-0.2, -0.15) is 0 Å². The number of hydrogen-bond acceptors (Lipinski definition) is 7. The summed E-state index contributed by atoms with van der Waals surface area (Å²) in [5.74, 6) is -0.781. The molecule has 2 amide bonds. The van der Waals surface area contributed by atoms with Crippen LogP contribution in [0.4, 0.5) is 0 Å². The van der Waals surface area contributed by atoms with E-state index < -0.39 is 24.4 Å². The van der Waals surface area contributed by atoms with Crippen molar-refractivity contribution in [2.45, 2.75) is 5.75 Å². The van der Waals surface area contributed by atoms with Crippen LogP contribution in [-0.2, 0) is 20.1 Å². The lowest BCUT2D eigenvalue weighted by molar-refractivity contribution is -0.146. The summed E-state index contributed by atoms with van der Waals surface area (Å²) >= 11 is 3.03. The number of carbonyl (C=O) groups is 3. The summed E-state index contributed by atoms with van der Waals surface area (Å²) in [6.45, 7) is -0.461. The van der Waals surface area contributed by atoms with Gasteiger partial charge in [0.15, 0.2) is 12.4 Å². The Hall–Kier alpha value is -2.26. The largest absolute Gasteiger partial charge is 0.459 e. The second-order valence-electron chi connectivity index (χ2n) is 4.21. The molecule has 0 fully saturated rings. The zero-order valence-corrected chi connectivity index (χ0v) is 13.6. The van der Waals surface area contributed by atoms with Gasteiger partial charge in [-0.3, -0.25) is 25.2 Å². The fourth-order valence-corrected chi connectivity index (χ4v) is 3.11. The van der Waals surface area contributed by atoms with Crippen LogP contribution in [0.5, 0.6) is 0 Å². The Kier molecular flexibility index (Phi) is 6.70. The highest BCUT2D eigenvalue weighted by atomic mass is 32.2. The molecule has 0 saturated carbocycles. The molecule has 23 heavy (non-hydrogen) atoms. The third-order valence-corrected chi connectivity index (χ3v) is 4.48. The van der Waals surface area contributed by atoms with Gasteiger partial charge >= 0.3 is 11.9 Å². The van der Waals surface area contributed by atoms with E-state index in [1.165, 1.54) is 29.0 Å². The lowest BCUT2D eigenvalue weighted by atomic mass is 10.4. The second-order valence-corrected chi connectivity index (χ2v) is 6.23. The lowest BCUT2D eigenvalue weighted by Crippen LogP contribution is -2.43. The number of hydrazine groups is 1. The van der Waals surface area contributed by atoms with Crippen LogP contribution in [0.2, 0.25) is 0 Å². The van der Waals surface area contributed by atoms with Gasteiger partial charge in [0.1, 0.15) is 0 Å². The van der Waals surface area contributed by atoms with Crippen molar-refractivity contribution in [3.05, 3.63) is 46.5 Å². The van der Waals surface area contributed by atoms with E-state index in [4.69, 9.17) is 9.15 Å². The first kappa shape index (κ1) is 17.1. The van der Waals surface area contributed by atoms with Gasteiger partial charge in [-0.1, -0.05) is 6.07 Å². The first-order valence-corrected chi connectivity index (χ1v) is 8.57. The van der Waals surface area contributed by atoms with E-state index in [9.17, 15) is 14.4 Å². The normalized spacial score (nSPS) is 10.1. The number of thioether (sulfide) groups is 1. The van der Waals surface area contributed by atoms with Crippen LogP contribution in [0.15, 0.2) is 40.3 Å². The summed E-state index contributed by atoms with van der Waals surface area (Å²) in [6, 6.07) is 6.93. The predicted octanol–water partition coefficient (Wildman–Crippen LogP) is 1.58. The van der Waals surface area contributed by atoms with Gasteiger partial charge < -0.3 is 9.15 Å². The Morgan fingerprint density at radius 1 is 1.22 bits per heavy atom. The number of rotatable bonds is 7. The Labute approximate surface area is 140 Å². The third kappa shape index (κ3) is 6.17. The van der Waals surface area contributed by atoms with Gasteiger partial charge in [-0.05, 0) is 23.6 Å². The number of thiophene rings is 1. The average Bonchev–Trinajstić information content (AvgIpc) is 3.23. The molecule has 122 valence electrons. The van der Waals surface area contributed by atoms with Crippen molar-refractivity contribution >= 4 is 40.9 Å². The highest BCUT2D eigenvalue weighted by Crippen LogP contribution is 2.16. The van der Waals surface area contributed by atoms with Crippen molar-refractivity contribution in [3.8, 4) is 0 Å². The highest BCUT2D eigenvalue weighted by Gasteiger charge is 2.11. The standard InChI is InChI=1S/C14H14N2O5S2/c17-12(15-16-14(19)11-4-1-5-20-11)7-21-13(18)9-22-8-10-3-2-6-23-10/h1-6H,7-9H2,(H,15,17)(H,16,19). The zero-order chi connectivity index (χ0) is 16.5. The fourth-order valence-electron chi connectivity index (χ4n) is 1.45. The van der Waals surface area contributed by atoms with Crippen molar-refractivity contribution in [2.75, 3.05) is 12.4 Å². The summed E-state index contributed by atoms with van der Waals surface area (Å²) in [7, 11) is 0. The monoisotopic (exact) mass is 354 g/mol. The summed E-state index contributed by atoms with van der Waals surface area (Å²) in [5.41, 5.74) is 4.27. The quantitative estimate of drug-likeness (QED) is 0.579. The van der Waals surface area contributed by atoms with Crippen molar-refractivity contribution < 1.29 is 23.5 Å². The molecule has 0 spiro atoms. The molecule has 0 aromatic carbocycles. The molecule has 0 bridgehead atoms. The third-order valence-electron chi connectivity index (χ3n) is 2.47. The van der Waals surface area contributed by atoms with Crippen molar-refractivity contribution in [2.24, 2.45) is 0 Å². The smallest absolute Gasteiger partial charge is 0.316 e. The molecule has 0 unspecified atom stereocenters. The topological polar surface area (TPSA) is 97.6 Å². The molecule has 0 saturated heterocycles. The molecule has 0 aliphatic carbocycles. The van der Waals surface area contributed by atoms with Crippen molar-refractivity contribution in [3.63, 3.8) is 0 Å². The van der Waals surface area contributed by atoms with Gasteiger partial charge in [-0.15, -0.1) is 23.1 Å². The van der Waals surface area contributed by atoms with Gasteiger partial charge in [0.2, 0.25) is 0 Å². The van der Waals surface area contributed by atoms with E-state index in [1.807, 2.05) is 17.5 Å². The van der Waals surface area contributed by atoms with E-state index in [0.717, 1.165) is 5.75 Å². The maximum atomic E-state index is 11.5. The number of ether oxygens (including phenoxy) is 1. The second kappa shape index (κ2) is 9.01. The Bertz CT molecular complexity index is 640. The molecule has 2 aromatic rings. The molecule has 0 aliphatic heterocycles. The average molecular weight is 354 g/mol. The molecule has 7 nitrogen and oxygen atoms in total. The van der Waals surface area contributed by atoms with Crippen LogP contribution >= 0.6 is 23.1 Å². The van der Waals surface area contributed by atoms with Gasteiger partial charge in [-0.25, -0.2) is 0 Å². The van der Waals surface area contributed by atoms with Crippen molar-refractivity contribution in [1.82, 2.24) is 10.9 Å². The summed E-state index contributed by atoms with van der Waals surface area (Å²) < 4.78 is 9.65. The predicted molar refractivity (Wildman–Crippen MR) is 85.8 cm³/mol. The van der Waals surface area contributed by atoms with E-state index >= 15 is 0 Å². The molecule has 0 aliphatic rings. The highest BCUT2D eigenvalue weighted by molar-refractivity contribution is 7.99. The molecular formula is C14H14N2O5S2. The van der Waals surface area contributed by atoms with Crippen molar-refractivity contribution in [1.29, 1.82) is 0 Å². The summed E-state index contributed by atoms with van der Waals surface area (Å²) in [5, 5.41) is 1.97. The van der Waals surface area contributed by atoms with Crippen LogP contribution in [0.25, 0.3) is 0 Å². The lowest BCUT2D eigenvalue weighted by Gasteiger charge is -2.07. The van der Waals surface area contributed by atoms with E-state index in [0.29, 0.717) is 0 Å². The maximum absolute atomic E-state index is 11.5. The first-order valence-electron chi connectivity index (χ1n) is 6.53. The molecule has 0 atom stereocenters. The first-order chi connectivity index (χ1) is 11.1. The Morgan fingerprint density at radius 2 is 2.09 bits per heavy atom. The molecule has 2 heterocycles. The van der Waals surface area contributed by atoms with E-state index in [-0.39, 0.29) is 11.5 Å². The minimum Gasteiger partial charge on any atom is -0.459 e. The molecule has 2 N–H and O–H groups in total. The number of esters is 1. The van der Waals surface area contributed by atoms with Crippen LogP contribution in [0, 0.1) is 0 Å². The summed E-state index contributed by atoms with van der Waals surface area (Å²) in [6.07, 6.45) is 1.34. The Balaban J connectivity index is 1.56. The van der Waals surface area contributed by atoms with Crippen LogP contribution in [0.1, 0.15) is 15.4 Å². The minimum atomic E-state index is -0.637. The number of hydrogen-bond donors (Lipinski definition) is 2. The molecular weight excluding hydrogens is 340 g/mol. The number of amides is 2. The molecule has 2 rings (SSSR count). The molecule has 9 heteroatoms. The van der Waals surface area contributed by atoms with Gasteiger partial charge in [0.05, 0.1) is 12.0 Å². The molecule has 2 aromatic heterocycles. The number of carbonyl (C=O) groups excluding carboxylic acids is 3. The van der Waals surface area contributed by atoms with Crippen LogP contribution in [0.3, 0.4) is 0 Å². The maximum Gasteiger partial charge on any atom is 0.316 e. The Morgan fingerprint density at radius 3 is 2.78 bits per heavy atom. The zero-order valence-electron chi connectivity index (χ0n) is 11.9. The minimum absolute atomic E-state index is 0.0623. The van der Waals surface area contributed by atoms with E-state index in [1.54, 1.807) is 17.4 Å². The van der Waals surface area contributed by atoms with Crippen LogP contribution < -0.4 is 10.9 Å². The van der Waals surface area contributed by atoms with Crippen LogP contribution in [-0.4, -0.2) is 30.1 Å². The molecule has 0 radical (unpaired) electrons. The van der Waals surface area contributed by atoms with Gasteiger partial charge in [0.25, 0.3) is 5.91 Å². The number of nitrogens with one attached hydrogen (secondary N) is 2. The summed E-state index contributed by atoms with van der Waals surface area (Å²) in [4.78, 5) is 35.6. The van der Waals surface area contributed by atoms with E-state index in [2.05, 4.69) is 10.9 Å². The fraction of sp³-hybridized carbons (Fsp3) is 0.214. The number of furan rings is 1. The SMILES string of the molecule is O=C(COC(=O)CSCc1cccs1)NNC(=O)c1ccco1. The van der Waals surface area contributed by atoms with Gasteiger partial charge in [0, 0.05) is 10.6 Å².